The third-order valence-corrected chi connectivity index (χ3v) is 4.51. The van der Waals surface area contributed by atoms with Gasteiger partial charge in [0.15, 0.2) is 11.5 Å². The molecular formula is C21H19N3O4. The van der Waals surface area contributed by atoms with Crippen molar-refractivity contribution >= 4 is 5.91 Å². The van der Waals surface area contributed by atoms with Crippen molar-refractivity contribution in [3.05, 3.63) is 76.1 Å². The molecule has 2 heterocycles. The number of hydrogen-bond donors (Lipinski definition) is 1. The number of hydrogen-bond acceptors (Lipinski definition) is 5. The average Bonchev–Trinajstić information content (AvgIpc) is 3.16. The maximum atomic E-state index is 12.3. The van der Waals surface area contributed by atoms with Gasteiger partial charge in [0.05, 0.1) is 5.69 Å². The standard InChI is InChI=1S/C21H19N3O4/c1-14-4-2-3-5-16(14)17-7-9-21(26)24(23-17)12-20(25)22-11-15-6-8-18-19(10-15)28-13-27-18/h2-10H,11-13H2,1H3,(H,22,25). The summed E-state index contributed by atoms with van der Waals surface area (Å²) in [5.74, 6) is 1.06. The molecule has 3 aromatic rings. The van der Waals surface area contributed by atoms with Crippen molar-refractivity contribution in [2.45, 2.75) is 20.0 Å². The van der Waals surface area contributed by atoms with Gasteiger partial charge in [0.2, 0.25) is 12.7 Å². The van der Waals surface area contributed by atoms with Crippen molar-refractivity contribution in [3.63, 3.8) is 0 Å². The zero-order chi connectivity index (χ0) is 19.5. The second-order valence-electron chi connectivity index (χ2n) is 6.49. The van der Waals surface area contributed by atoms with Crippen molar-refractivity contribution < 1.29 is 14.3 Å². The van der Waals surface area contributed by atoms with E-state index in [1.165, 1.54) is 10.7 Å². The molecular weight excluding hydrogens is 358 g/mol. The van der Waals surface area contributed by atoms with Gasteiger partial charge in [-0.05, 0) is 36.2 Å². The minimum absolute atomic E-state index is 0.150. The monoisotopic (exact) mass is 377 g/mol. The number of ether oxygens (including phenoxy) is 2. The van der Waals surface area contributed by atoms with Gasteiger partial charge >= 0.3 is 0 Å². The minimum Gasteiger partial charge on any atom is -0.454 e. The zero-order valence-corrected chi connectivity index (χ0v) is 15.3. The smallest absolute Gasteiger partial charge is 0.267 e. The Morgan fingerprint density at radius 1 is 1.11 bits per heavy atom. The summed E-state index contributed by atoms with van der Waals surface area (Å²) < 4.78 is 11.8. The Bertz CT molecular complexity index is 1090. The maximum Gasteiger partial charge on any atom is 0.267 e. The molecule has 1 aliphatic heterocycles. The number of nitrogens with one attached hydrogen (secondary N) is 1. The highest BCUT2D eigenvalue weighted by molar-refractivity contribution is 5.75. The van der Waals surface area contributed by atoms with Gasteiger partial charge in [0.25, 0.3) is 5.56 Å². The SMILES string of the molecule is Cc1ccccc1-c1ccc(=O)n(CC(=O)NCc2ccc3c(c2)OCO3)n1. The summed E-state index contributed by atoms with van der Waals surface area (Å²) in [5.41, 5.74) is 3.19. The lowest BCUT2D eigenvalue weighted by atomic mass is 10.1. The van der Waals surface area contributed by atoms with Crippen LogP contribution in [-0.4, -0.2) is 22.5 Å². The topological polar surface area (TPSA) is 82.5 Å². The van der Waals surface area contributed by atoms with Crippen molar-refractivity contribution in [3.8, 4) is 22.8 Å². The van der Waals surface area contributed by atoms with Gasteiger partial charge in [-0.15, -0.1) is 0 Å². The largest absolute Gasteiger partial charge is 0.454 e. The van der Waals surface area contributed by atoms with Crippen LogP contribution in [0.2, 0.25) is 0 Å². The molecule has 7 nitrogen and oxygen atoms in total. The van der Waals surface area contributed by atoms with Crippen LogP contribution in [0.3, 0.4) is 0 Å². The predicted molar refractivity (Wildman–Crippen MR) is 103 cm³/mol. The Morgan fingerprint density at radius 2 is 1.93 bits per heavy atom. The van der Waals surface area contributed by atoms with Crippen LogP contribution in [0, 0.1) is 6.92 Å². The number of rotatable bonds is 5. The number of carbonyl (C=O) groups excluding carboxylic acids is 1. The predicted octanol–water partition coefficient (Wildman–Crippen LogP) is 2.26. The summed E-state index contributed by atoms with van der Waals surface area (Å²) in [4.78, 5) is 24.4. The van der Waals surface area contributed by atoms with Gasteiger partial charge in [-0.2, -0.15) is 5.10 Å². The molecule has 1 aliphatic rings. The molecule has 1 aromatic heterocycles. The number of nitrogens with zero attached hydrogens (tertiary/aromatic N) is 2. The molecule has 0 atom stereocenters. The second-order valence-corrected chi connectivity index (χ2v) is 6.49. The molecule has 0 saturated carbocycles. The van der Waals surface area contributed by atoms with Gasteiger partial charge < -0.3 is 14.8 Å². The van der Waals surface area contributed by atoms with Crippen LogP contribution < -0.4 is 20.3 Å². The van der Waals surface area contributed by atoms with Crippen molar-refractivity contribution in [2.24, 2.45) is 0 Å². The van der Waals surface area contributed by atoms with Gasteiger partial charge in [0.1, 0.15) is 6.54 Å². The lowest BCUT2D eigenvalue weighted by molar-refractivity contribution is -0.122. The Labute approximate surface area is 161 Å². The van der Waals surface area contributed by atoms with E-state index < -0.39 is 0 Å². The highest BCUT2D eigenvalue weighted by Crippen LogP contribution is 2.32. The Morgan fingerprint density at radius 3 is 2.79 bits per heavy atom. The van der Waals surface area contributed by atoms with E-state index >= 15 is 0 Å². The van der Waals surface area contributed by atoms with E-state index in [4.69, 9.17) is 9.47 Å². The average molecular weight is 377 g/mol. The molecule has 142 valence electrons. The van der Waals surface area contributed by atoms with E-state index in [1.54, 1.807) is 6.07 Å². The first kappa shape index (κ1) is 17.8. The van der Waals surface area contributed by atoms with Crippen molar-refractivity contribution in [1.82, 2.24) is 15.1 Å². The maximum absolute atomic E-state index is 12.3. The van der Waals surface area contributed by atoms with E-state index in [0.717, 1.165) is 16.7 Å². The fourth-order valence-corrected chi connectivity index (χ4v) is 3.01. The Balaban J connectivity index is 1.45. The number of amides is 1. The number of benzene rings is 2. The van der Waals surface area contributed by atoms with Crippen molar-refractivity contribution in [2.75, 3.05) is 6.79 Å². The van der Waals surface area contributed by atoms with E-state index in [9.17, 15) is 9.59 Å². The first-order valence-electron chi connectivity index (χ1n) is 8.89. The van der Waals surface area contributed by atoms with Gasteiger partial charge in [-0.3, -0.25) is 9.59 Å². The molecule has 0 aliphatic carbocycles. The first-order valence-corrected chi connectivity index (χ1v) is 8.89. The van der Waals surface area contributed by atoms with Crippen LogP contribution in [0.15, 0.2) is 59.4 Å². The van der Waals surface area contributed by atoms with Crippen molar-refractivity contribution in [1.29, 1.82) is 0 Å². The van der Waals surface area contributed by atoms with E-state index in [-0.39, 0.29) is 24.8 Å². The Kier molecular flexibility index (Phi) is 4.80. The molecule has 0 unspecified atom stereocenters. The van der Waals surface area contributed by atoms with Gasteiger partial charge in [-0.25, -0.2) is 4.68 Å². The van der Waals surface area contributed by atoms with E-state index in [2.05, 4.69) is 10.4 Å². The number of carbonyl (C=O) groups is 1. The molecule has 1 amide bonds. The van der Waals surface area contributed by atoms with Gasteiger partial charge in [0, 0.05) is 18.2 Å². The van der Waals surface area contributed by atoms with E-state index in [1.807, 2.05) is 49.4 Å². The molecule has 0 radical (unpaired) electrons. The highest BCUT2D eigenvalue weighted by Gasteiger charge is 2.14. The molecule has 0 spiro atoms. The van der Waals surface area contributed by atoms with Crippen LogP contribution in [0.25, 0.3) is 11.3 Å². The molecule has 4 rings (SSSR count). The lowest BCUT2D eigenvalue weighted by Gasteiger charge is -2.10. The van der Waals surface area contributed by atoms with Crippen LogP contribution in [0.5, 0.6) is 11.5 Å². The fourth-order valence-electron chi connectivity index (χ4n) is 3.01. The third kappa shape index (κ3) is 3.73. The van der Waals surface area contributed by atoms with Gasteiger partial charge in [-0.1, -0.05) is 30.3 Å². The summed E-state index contributed by atoms with van der Waals surface area (Å²) in [6.45, 7) is 2.35. The van der Waals surface area contributed by atoms with Crippen LogP contribution in [0.1, 0.15) is 11.1 Å². The number of fused-ring (bicyclic) bond motifs is 1. The summed E-state index contributed by atoms with van der Waals surface area (Å²) in [7, 11) is 0. The summed E-state index contributed by atoms with van der Waals surface area (Å²) in [6, 6.07) is 16.4. The molecule has 0 fully saturated rings. The summed E-state index contributed by atoms with van der Waals surface area (Å²) in [6.07, 6.45) is 0. The molecule has 1 N–H and O–H groups in total. The van der Waals surface area contributed by atoms with Crippen LogP contribution >= 0.6 is 0 Å². The van der Waals surface area contributed by atoms with E-state index in [0.29, 0.717) is 23.7 Å². The fraction of sp³-hybridized carbons (Fsp3) is 0.190. The number of aryl methyl sites for hydroxylation is 1. The summed E-state index contributed by atoms with van der Waals surface area (Å²) in [5, 5.41) is 7.15. The number of aromatic nitrogens is 2. The van der Waals surface area contributed by atoms with Crippen LogP contribution in [0.4, 0.5) is 0 Å². The lowest BCUT2D eigenvalue weighted by Crippen LogP contribution is -2.33. The minimum atomic E-state index is -0.324. The normalized spacial score (nSPS) is 12.0. The van der Waals surface area contributed by atoms with Crippen LogP contribution in [-0.2, 0) is 17.9 Å². The summed E-state index contributed by atoms with van der Waals surface area (Å²) >= 11 is 0. The zero-order valence-electron chi connectivity index (χ0n) is 15.3. The highest BCUT2D eigenvalue weighted by atomic mass is 16.7. The molecule has 0 saturated heterocycles. The second kappa shape index (κ2) is 7.56. The molecule has 2 aromatic carbocycles. The molecule has 0 bridgehead atoms. The Hall–Kier alpha value is -3.61. The molecule has 28 heavy (non-hydrogen) atoms. The first-order chi connectivity index (χ1) is 13.6. The quantitative estimate of drug-likeness (QED) is 0.738. The molecule has 7 heteroatoms. The third-order valence-electron chi connectivity index (χ3n) is 4.51.